The van der Waals surface area contributed by atoms with E-state index in [9.17, 15) is 0 Å². The Hall–Kier alpha value is -0.380. The summed E-state index contributed by atoms with van der Waals surface area (Å²) in [4.78, 5) is 0. The molecule has 0 radical (unpaired) electrons. The number of methoxy groups -OCH3 is 1. The first-order valence-electron chi connectivity index (χ1n) is 3.66. The summed E-state index contributed by atoms with van der Waals surface area (Å²) < 4.78 is 5.02. The van der Waals surface area contributed by atoms with Crippen LogP contribution in [0.25, 0.3) is 0 Å². The quantitative estimate of drug-likeness (QED) is 0.569. The van der Waals surface area contributed by atoms with E-state index in [1.165, 1.54) is 0 Å². The van der Waals surface area contributed by atoms with Crippen LogP contribution in [0.2, 0.25) is 0 Å². The normalized spacial score (nSPS) is 15.1. The van der Waals surface area contributed by atoms with Crippen molar-refractivity contribution in [3.63, 3.8) is 0 Å². The van der Waals surface area contributed by atoms with Gasteiger partial charge < -0.3 is 14.9 Å². The largest absolute Gasteiger partial charge is 0.396 e. The van der Waals surface area contributed by atoms with E-state index in [2.05, 4.69) is 0 Å². The number of aliphatic hydroxyl groups is 2. The molecule has 0 amide bonds. The summed E-state index contributed by atoms with van der Waals surface area (Å²) in [5.41, 5.74) is 0.866. The van der Waals surface area contributed by atoms with Crippen molar-refractivity contribution in [3.05, 3.63) is 11.6 Å². The Morgan fingerprint density at radius 1 is 1.55 bits per heavy atom. The zero-order valence-corrected chi connectivity index (χ0v) is 7.08. The smallest absolute Gasteiger partial charge is 0.0777 e. The topological polar surface area (TPSA) is 49.7 Å². The van der Waals surface area contributed by atoms with Crippen LogP contribution in [0.15, 0.2) is 11.6 Å². The van der Waals surface area contributed by atoms with E-state index >= 15 is 0 Å². The van der Waals surface area contributed by atoms with Gasteiger partial charge in [-0.1, -0.05) is 6.08 Å². The maximum Gasteiger partial charge on any atom is 0.0777 e. The molecule has 0 unspecified atom stereocenters. The predicted octanol–water partition coefficient (Wildman–Crippen LogP) is 0.322. The Labute approximate surface area is 67.3 Å². The summed E-state index contributed by atoms with van der Waals surface area (Å²) in [5, 5.41) is 17.2. The van der Waals surface area contributed by atoms with E-state index in [-0.39, 0.29) is 19.3 Å². The minimum absolute atomic E-state index is 0.0469. The molecule has 0 aromatic heterocycles. The second kappa shape index (κ2) is 6.34. The van der Waals surface area contributed by atoms with Gasteiger partial charge >= 0.3 is 0 Å². The van der Waals surface area contributed by atoms with E-state index in [1.807, 2.05) is 13.0 Å². The fourth-order valence-corrected chi connectivity index (χ4v) is 0.767. The average molecular weight is 160 g/mol. The zero-order chi connectivity index (χ0) is 8.69. The standard InChI is InChI=1S/C8H16O3/c1-7(6-10)5-8(11-2)3-4-9/h5,8-10H,3-4,6H2,1-2H3/b7-5+/t8-/m0/s1. The lowest BCUT2D eigenvalue weighted by atomic mass is 10.2. The average Bonchev–Trinajstić information content (AvgIpc) is 2.03. The number of rotatable bonds is 5. The van der Waals surface area contributed by atoms with Gasteiger partial charge in [0, 0.05) is 20.1 Å². The second-order valence-corrected chi connectivity index (χ2v) is 2.46. The van der Waals surface area contributed by atoms with Crippen LogP contribution in [0.4, 0.5) is 0 Å². The van der Waals surface area contributed by atoms with Crippen LogP contribution in [0.1, 0.15) is 13.3 Å². The summed E-state index contributed by atoms with van der Waals surface area (Å²) in [6, 6.07) is 0. The number of ether oxygens (including phenoxy) is 1. The molecule has 3 nitrogen and oxygen atoms in total. The van der Waals surface area contributed by atoms with E-state index in [0.717, 1.165) is 5.57 Å². The predicted molar refractivity (Wildman–Crippen MR) is 43.3 cm³/mol. The van der Waals surface area contributed by atoms with Crippen LogP contribution in [-0.4, -0.2) is 36.6 Å². The van der Waals surface area contributed by atoms with Crippen LogP contribution in [0.5, 0.6) is 0 Å². The Bertz CT molecular complexity index is 121. The Morgan fingerprint density at radius 2 is 2.18 bits per heavy atom. The SMILES string of the molecule is CO[C@H](/C=C(\C)CO)CCO. The van der Waals surface area contributed by atoms with Crippen molar-refractivity contribution >= 4 is 0 Å². The van der Waals surface area contributed by atoms with Gasteiger partial charge in [-0.2, -0.15) is 0 Å². The first-order chi connectivity index (χ1) is 5.24. The number of aliphatic hydroxyl groups excluding tert-OH is 2. The highest BCUT2D eigenvalue weighted by Gasteiger charge is 2.01. The van der Waals surface area contributed by atoms with Gasteiger partial charge in [-0.05, 0) is 12.5 Å². The summed E-state index contributed by atoms with van der Waals surface area (Å²) in [6.45, 7) is 1.97. The van der Waals surface area contributed by atoms with Gasteiger partial charge in [0.2, 0.25) is 0 Å². The lowest BCUT2D eigenvalue weighted by molar-refractivity contribution is 0.111. The molecular weight excluding hydrogens is 144 g/mol. The molecule has 0 aromatic rings. The lowest BCUT2D eigenvalue weighted by Crippen LogP contribution is -2.10. The third kappa shape index (κ3) is 4.95. The van der Waals surface area contributed by atoms with Crippen LogP contribution >= 0.6 is 0 Å². The molecule has 0 aromatic carbocycles. The maximum absolute atomic E-state index is 8.66. The first-order valence-corrected chi connectivity index (χ1v) is 3.66. The molecule has 66 valence electrons. The molecule has 0 spiro atoms. The van der Waals surface area contributed by atoms with Gasteiger partial charge in [0.05, 0.1) is 12.7 Å². The van der Waals surface area contributed by atoms with Crippen molar-refractivity contribution < 1.29 is 14.9 Å². The van der Waals surface area contributed by atoms with Gasteiger partial charge in [0.15, 0.2) is 0 Å². The third-order valence-electron chi connectivity index (χ3n) is 1.44. The molecule has 0 rings (SSSR count). The molecular formula is C8H16O3. The minimum atomic E-state index is -0.0767. The first kappa shape index (κ1) is 10.6. The molecule has 3 heteroatoms. The Morgan fingerprint density at radius 3 is 2.55 bits per heavy atom. The summed E-state index contributed by atoms with van der Waals surface area (Å²) in [6.07, 6.45) is 2.32. The highest BCUT2D eigenvalue weighted by atomic mass is 16.5. The van der Waals surface area contributed by atoms with Crippen LogP contribution in [0.3, 0.4) is 0 Å². The van der Waals surface area contributed by atoms with Crippen molar-refractivity contribution in [1.29, 1.82) is 0 Å². The molecule has 0 heterocycles. The fourth-order valence-electron chi connectivity index (χ4n) is 0.767. The van der Waals surface area contributed by atoms with Crippen molar-refractivity contribution in [2.24, 2.45) is 0 Å². The molecule has 0 aliphatic carbocycles. The third-order valence-corrected chi connectivity index (χ3v) is 1.44. The monoisotopic (exact) mass is 160 g/mol. The zero-order valence-electron chi connectivity index (χ0n) is 7.08. The summed E-state index contributed by atoms with van der Waals surface area (Å²) >= 11 is 0. The highest BCUT2D eigenvalue weighted by Crippen LogP contribution is 2.02. The van der Waals surface area contributed by atoms with Gasteiger partial charge in [0.1, 0.15) is 0 Å². The minimum Gasteiger partial charge on any atom is -0.396 e. The lowest BCUT2D eigenvalue weighted by Gasteiger charge is -2.09. The van der Waals surface area contributed by atoms with Gasteiger partial charge in [-0.25, -0.2) is 0 Å². The Balaban J connectivity index is 3.84. The number of hydrogen-bond donors (Lipinski definition) is 2. The van der Waals surface area contributed by atoms with Crippen LogP contribution < -0.4 is 0 Å². The summed E-state index contributed by atoms with van der Waals surface area (Å²) in [5.74, 6) is 0. The fraction of sp³-hybridized carbons (Fsp3) is 0.750. The molecule has 1 atom stereocenters. The van der Waals surface area contributed by atoms with Crippen LogP contribution in [-0.2, 0) is 4.74 Å². The van der Waals surface area contributed by atoms with E-state index in [1.54, 1.807) is 7.11 Å². The molecule has 2 N–H and O–H groups in total. The molecule has 0 saturated heterocycles. The van der Waals surface area contributed by atoms with E-state index < -0.39 is 0 Å². The maximum atomic E-state index is 8.66. The second-order valence-electron chi connectivity index (χ2n) is 2.46. The molecule has 0 fully saturated rings. The van der Waals surface area contributed by atoms with Gasteiger partial charge in [-0.15, -0.1) is 0 Å². The van der Waals surface area contributed by atoms with E-state index in [0.29, 0.717) is 6.42 Å². The number of hydrogen-bond acceptors (Lipinski definition) is 3. The molecule has 0 aliphatic heterocycles. The molecule has 0 saturated carbocycles. The van der Waals surface area contributed by atoms with Gasteiger partial charge in [-0.3, -0.25) is 0 Å². The van der Waals surface area contributed by atoms with Gasteiger partial charge in [0.25, 0.3) is 0 Å². The highest BCUT2D eigenvalue weighted by molar-refractivity contribution is 5.01. The summed E-state index contributed by atoms with van der Waals surface area (Å²) in [7, 11) is 1.58. The van der Waals surface area contributed by atoms with Crippen LogP contribution in [0, 0.1) is 0 Å². The van der Waals surface area contributed by atoms with Crippen molar-refractivity contribution in [3.8, 4) is 0 Å². The Kier molecular flexibility index (Phi) is 6.12. The molecule has 0 aliphatic rings. The van der Waals surface area contributed by atoms with E-state index in [4.69, 9.17) is 14.9 Å². The molecule has 0 bridgehead atoms. The van der Waals surface area contributed by atoms with Crippen molar-refractivity contribution in [1.82, 2.24) is 0 Å². The van der Waals surface area contributed by atoms with Crippen molar-refractivity contribution in [2.75, 3.05) is 20.3 Å². The molecule has 11 heavy (non-hydrogen) atoms. The van der Waals surface area contributed by atoms with Crippen molar-refractivity contribution in [2.45, 2.75) is 19.4 Å².